The number of aryl methyl sites for hydroxylation is 2. The van der Waals surface area contributed by atoms with Gasteiger partial charge < -0.3 is 5.32 Å². The first-order chi connectivity index (χ1) is 11.4. The molecule has 0 saturated heterocycles. The van der Waals surface area contributed by atoms with Crippen molar-refractivity contribution in [2.45, 2.75) is 20.4 Å². The molecule has 1 amide bonds. The third-order valence-corrected chi connectivity index (χ3v) is 5.26. The van der Waals surface area contributed by atoms with Crippen LogP contribution in [-0.2, 0) is 11.3 Å². The standard InChI is InChI=1S/C16H13Cl2N3O2S/c1-8-6-10-15(24-8)19-9(2)21(16(10)23)7-13(22)20-12-5-3-4-11(17)14(12)18/h3-6H,7H2,1-2H3,(H,20,22). The van der Waals surface area contributed by atoms with E-state index in [-0.39, 0.29) is 23.0 Å². The van der Waals surface area contributed by atoms with Crippen LogP contribution in [0.5, 0.6) is 0 Å². The Kier molecular flexibility index (Phi) is 4.62. The van der Waals surface area contributed by atoms with E-state index in [4.69, 9.17) is 23.2 Å². The van der Waals surface area contributed by atoms with Crippen LogP contribution in [0.1, 0.15) is 10.7 Å². The molecule has 0 spiro atoms. The van der Waals surface area contributed by atoms with E-state index in [2.05, 4.69) is 10.3 Å². The number of amides is 1. The lowest BCUT2D eigenvalue weighted by atomic mass is 10.3. The maximum absolute atomic E-state index is 12.6. The highest BCUT2D eigenvalue weighted by Crippen LogP contribution is 2.29. The average Bonchev–Trinajstić information content (AvgIpc) is 2.89. The summed E-state index contributed by atoms with van der Waals surface area (Å²) in [5.74, 6) is 0.110. The van der Waals surface area contributed by atoms with Gasteiger partial charge in [0.15, 0.2) is 0 Å². The summed E-state index contributed by atoms with van der Waals surface area (Å²) >= 11 is 13.4. The molecule has 24 heavy (non-hydrogen) atoms. The summed E-state index contributed by atoms with van der Waals surface area (Å²) < 4.78 is 1.35. The van der Waals surface area contributed by atoms with Crippen LogP contribution in [0.2, 0.25) is 10.0 Å². The molecule has 3 aromatic rings. The summed E-state index contributed by atoms with van der Waals surface area (Å²) in [5.41, 5.74) is 0.175. The third-order valence-electron chi connectivity index (χ3n) is 3.49. The molecule has 1 N–H and O–H groups in total. The van der Waals surface area contributed by atoms with Crippen molar-refractivity contribution in [1.82, 2.24) is 9.55 Å². The van der Waals surface area contributed by atoms with Crippen LogP contribution in [0.4, 0.5) is 5.69 Å². The van der Waals surface area contributed by atoms with E-state index in [1.807, 2.05) is 6.92 Å². The van der Waals surface area contributed by atoms with E-state index >= 15 is 0 Å². The number of fused-ring (bicyclic) bond motifs is 1. The topological polar surface area (TPSA) is 64.0 Å². The highest BCUT2D eigenvalue weighted by atomic mass is 35.5. The number of nitrogens with zero attached hydrogens (tertiary/aromatic N) is 2. The maximum atomic E-state index is 12.6. The summed E-state index contributed by atoms with van der Waals surface area (Å²) in [6.07, 6.45) is 0. The monoisotopic (exact) mass is 381 g/mol. The summed E-state index contributed by atoms with van der Waals surface area (Å²) in [6.45, 7) is 3.47. The number of thiophene rings is 1. The van der Waals surface area contributed by atoms with E-state index < -0.39 is 0 Å². The molecule has 3 rings (SSSR count). The minimum Gasteiger partial charge on any atom is -0.323 e. The Morgan fingerprint density at radius 3 is 2.83 bits per heavy atom. The van der Waals surface area contributed by atoms with E-state index in [0.717, 1.165) is 4.88 Å². The second-order valence-electron chi connectivity index (χ2n) is 5.28. The molecule has 1 aromatic carbocycles. The molecule has 0 radical (unpaired) electrons. The first-order valence-corrected chi connectivity index (χ1v) is 8.65. The second-order valence-corrected chi connectivity index (χ2v) is 7.30. The number of halogens is 2. The quantitative estimate of drug-likeness (QED) is 0.744. The minimum atomic E-state index is -0.377. The molecule has 2 heterocycles. The molecule has 0 unspecified atom stereocenters. The lowest BCUT2D eigenvalue weighted by Gasteiger charge is -2.11. The fourth-order valence-corrected chi connectivity index (χ4v) is 3.62. The van der Waals surface area contributed by atoms with Gasteiger partial charge in [0.2, 0.25) is 5.91 Å². The van der Waals surface area contributed by atoms with Crippen LogP contribution in [0, 0.1) is 13.8 Å². The van der Waals surface area contributed by atoms with Gasteiger partial charge in [0.25, 0.3) is 5.56 Å². The summed E-state index contributed by atoms with van der Waals surface area (Å²) in [5, 5.41) is 3.80. The van der Waals surface area contributed by atoms with Crippen molar-refractivity contribution in [2.75, 3.05) is 5.32 Å². The molecule has 5 nitrogen and oxygen atoms in total. The Labute approximate surface area is 151 Å². The van der Waals surface area contributed by atoms with Crippen LogP contribution in [0.3, 0.4) is 0 Å². The SMILES string of the molecule is Cc1cc2c(=O)n(CC(=O)Nc3cccc(Cl)c3Cl)c(C)nc2s1. The van der Waals surface area contributed by atoms with Gasteiger partial charge in [0.1, 0.15) is 17.2 Å². The van der Waals surface area contributed by atoms with Crippen molar-refractivity contribution in [1.29, 1.82) is 0 Å². The van der Waals surface area contributed by atoms with Crippen molar-refractivity contribution in [3.05, 3.63) is 55.4 Å². The minimum absolute atomic E-state index is 0.147. The van der Waals surface area contributed by atoms with E-state index in [0.29, 0.717) is 26.8 Å². The molecular formula is C16H13Cl2N3O2S. The number of anilines is 1. The van der Waals surface area contributed by atoms with Gasteiger partial charge in [-0.1, -0.05) is 29.3 Å². The van der Waals surface area contributed by atoms with Gasteiger partial charge in [-0.3, -0.25) is 14.2 Å². The Hall–Kier alpha value is -1.89. The lowest BCUT2D eigenvalue weighted by Crippen LogP contribution is -2.29. The number of hydrogen-bond donors (Lipinski definition) is 1. The number of hydrogen-bond acceptors (Lipinski definition) is 4. The fraction of sp³-hybridized carbons (Fsp3) is 0.188. The zero-order valence-corrected chi connectivity index (χ0v) is 15.2. The van der Waals surface area contributed by atoms with Crippen molar-refractivity contribution in [2.24, 2.45) is 0 Å². The molecule has 2 aromatic heterocycles. The largest absolute Gasteiger partial charge is 0.323 e. The zero-order valence-electron chi connectivity index (χ0n) is 12.9. The number of aromatic nitrogens is 2. The number of rotatable bonds is 3. The van der Waals surface area contributed by atoms with Crippen molar-refractivity contribution < 1.29 is 4.79 Å². The van der Waals surface area contributed by atoms with E-state index in [9.17, 15) is 9.59 Å². The average molecular weight is 382 g/mol. The summed E-state index contributed by atoms with van der Waals surface area (Å²) in [7, 11) is 0. The maximum Gasteiger partial charge on any atom is 0.262 e. The van der Waals surface area contributed by atoms with Gasteiger partial charge in [0, 0.05) is 4.88 Å². The number of carbonyl (C=O) groups excluding carboxylic acids is 1. The Bertz CT molecular complexity index is 1010. The van der Waals surface area contributed by atoms with Crippen LogP contribution in [0.25, 0.3) is 10.2 Å². The van der Waals surface area contributed by atoms with Gasteiger partial charge in [-0.05, 0) is 32.0 Å². The molecule has 0 aliphatic rings. The normalized spacial score (nSPS) is 11.0. The van der Waals surface area contributed by atoms with Crippen LogP contribution < -0.4 is 10.9 Å². The van der Waals surface area contributed by atoms with Crippen LogP contribution >= 0.6 is 34.5 Å². The first-order valence-electron chi connectivity index (χ1n) is 7.08. The van der Waals surface area contributed by atoms with E-state index in [1.54, 1.807) is 31.2 Å². The van der Waals surface area contributed by atoms with Gasteiger partial charge in [-0.25, -0.2) is 4.98 Å². The van der Waals surface area contributed by atoms with Crippen LogP contribution in [-0.4, -0.2) is 15.5 Å². The lowest BCUT2D eigenvalue weighted by molar-refractivity contribution is -0.116. The molecule has 0 saturated carbocycles. The highest BCUT2D eigenvalue weighted by Gasteiger charge is 2.14. The molecular weight excluding hydrogens is 369 g/mol. The fourth-order valence-electron chi connectivity index (χ4n) is 2.36. The molecule has 0 bridgehead atoms. The smallest absolute Gasteiger partial charge is 0.262 e. The molecule has 0 aliphatic heterocycles. The molecule has 0 atom stereocenters. The van der Waals surface area contributed by atoms with Gasteiger partial charge in [0.05, 0.1) is 21.1 Å². The number of nitrogens with one attached hydrogen (secondary N) is 1. The van der Waals surface area contributed by atoms with Gasteiger partial charge in [-0.2, -0.15) is 0 Å². The predicted octanol–water partition coefficient (Wildman–Crippen LogP) is 4.02. The predicted molar refractivity (Wildman–Crippen MR) is 98.4 cm³/mol. The summed E-state index contributed by atoms with van der Waals surface area (Å²) in [4.78, 5) is 31.0. The van der Waals surface area contributed by atoms with Crippen molar-refractivity contribution in [3.63, 3.8) is 0 Å². The molecule has 0 fully saturated rings. The van der Waals surface area contributed by atoms with Crippen molar-refractivity contribution >= 4 is 56.3 Å². The molecule has 0 aliphatic carbocycles. The summed E-state index contributed by atoms with van der Waals surface area (Å²) in [6, 6.07) is 6.75. The zero-order chi connectivity index (χ0) is 17.4. The third kappa shape index (κ3) is 3.17. The van der Waals surface area contributed by atoms with Gasteiger partial charge in [-0.15, -0.1) is 11.3 Å². The second kappa shape index (κ2) is 6.55. The van der Waals surface area contributed by atoms with E-state index in [1.165, 1.54) is 15.9 Å². The van der Waals surface area contributed by atoms with Crippen molar-refractivity contribution in [3.8, 4) is 0 Å². The Morgan fingerprint density at radius 1 is 1.33 bits per heavy atom. The molecule has 124 valence electrons. The number of carbonyl (C=O) groups is 1. The number of benzene rings is 1. The Balaban J connectivity index is 1.90. The molecule has 8 heteroatoms. The highest BCUT2D eigenvalue weighted by molar-refractivity contribution is 7.18. The first kappa shape index (κ1) is 17.0. The van der Waals surface area contributed by atoms with Crippen LogP contribution in [0.15, 0.2) is 29.1 Å². The van der Waals surface area contributed by atoms with Gasteiger partial charge >= 0.3 is 0 Å². The Morgan fingerprint density at radius 2 is 2.08 bits per heavy atom.